The first kappa shape index (κ1) is 17.6. The molecular weight excluding hydrogens is 354 g/mol. The van der Waals surface area contributed by atoms with Gasteiger partial charge in [-0.2, -0.15) is 4.31 Å². The normalized spacial score (nSPS) is 21.0. The molecule has 1 aromatic heterocycles. The van der Waals surface area contributed by atoms with Gasteiger partial charge in [0.15, 0.2) is 0 Å². The smallest absolute Gasteiger partial charge is 0.244 e. The lowest BCUT2D eigenvalue weighted by molar-refractivity contribution is -0.140. The van der Waals surface area contributed by atoms with Crippen molar-refractivity contribution in [2.45, 2.75) is 17.7 Å². The van der Waals surface area contributed by atoms with E-state index in [2.05, 4.69) is 4.98 Å². The van der Waals surface area contributed by atoms with Crippen LogP contribution >= 0.6 is 11.6 Å². The number of rotatable bonds is 3. The second-order valence-electron chi connectivity index (χ2n) is 5.93. The molecule has 2 fully saturated rings. The Morgan fingerprint density at radius 3 is 2.42 bits per heavy atom. The van der Waals surface area contributed by atoms with Crippen molar-refractivity contribution in [2.24, 2.45) is 5.92 Å². The fourth-order valence-corrected chi connectivity index (χ4v) is 4.58. The zero-order chi connectivity index (χ0) is 17.2. The third-order valence-corrected chi connectivity index (χ3v) is 6.57. The van der Waals surface area contributed by atoms with Crippen LogP contribution in [0.1, 0.15) is 12.8 Å². The summed E-state index contributed by atoms with van der Waals surface area (Å²) in [5.41, 5.74) is 0. The van der Waals surface area contributed by atoms with Gasteiger partial charge in [0.2, 0.25) is 15.9 Å². The highest BCUT2D eigenvalue weighted by Crippen LogP contribution is 2.25. The molecule has 0 radical (unpaired) electrons. The summed E-state index contributed by atoms with van der Waals surface area (Å²) in [6.45, 7) is 3.06. The molecule has 0 saturated carbocycles. The van der Waals surface area contributed by atoms with E-state index in [1.165, 1.54) is 22.6 Å². The van der Waals surface area contributed by atoms with Crippen LogP contribution in [0.25, 0.3) is 0 Å². The van der Waals surface area contributed by atoms with Crippen LogP contribution in [-0.4, -0.2) is 67.9 Å². The molecule has 3 rings (SSSR count). The van der Waals surface area contributed by atoms with Crippen LogP contribution in [0.5, 0.6) is 0 Å². The molecule has 0 atom stereocenters. The van der Waals surface area contributed by atoms with Crippen LogP contribution in [-0.2, 0) is 19.6 Å². The number of amides is 1. The number of nitrogens with zero attached hydrogens (tertiary/aromatic N) is 3. The lowest BCUT2D eigenvalue weighted by atomic mass is 9.96. The molecule has 24 heavy (non-hydrogen) atoms. The Balaban J connectivity index is 1.62. The number of sulfonamides is 1. The summed E-state index contributed by atoms with van der Waals surface area (Å²) in [5.74, 6) is 0.00130. The van der Waals surface area contributed by atoms with Gasteiger partial charge in [0.05, 0.1) is 13.2 Å². The van der Waals surface area contributed by atoms with E-state index in [4.69, 9.17) is 16.3 Å². The molecule has 1 amide bonds. The number of morpholine rings is 1. The first-order chi connectivity index (χ1) is 11.5. The average molecular weight is 374 g/mol. The summed E-state index contributed by atoms with van der Waals surface area (Å²) in [4.78, 5) is 18.3. The van der Waals surface area contributed by atoms with Crippen molar-refractivity contribution in [3.8, 4) is 0 Å². The number of carbonyl (C=O) groups excluding carboxylic acids is 1. The maximum Gasteiger partial charge on any atom is 0.244 e. The Morgan fingerprint density at radius 2 is 1.83 bits per heavy atom. The van der Waals surface area contributed by atoms with Gasteiger partial charge in [-0.25, -0.2) is 13.4 Å². The van der Waals surface area contributed by atoms with Crippen LogP contribution < -0.4 is 0 Å². The molecule has 0 unspecified atom stereocenters. The molecule has 132 valence electrons. The third-order valence-electron chi connectivity index (χ3n) is 4.46. The molecule has 2 aliphatic rings. The Labute approximate surface area is 146 Å². The second-order valence-corrected chi connectivity index (χ2v) is 8.26. The van der Waals surface area contributed by atoms with E-state index in [0.29, 0.717) is 52.2 Å². The topological polar surface area (TPSA) is 79.8 Å². The number of ether oxygens (including phenoxy) is 1. The molecule has 7 nitrogen and oxygen atoms in total. The number of piperidine rings is 1. The maximum absolute atomic E-state index is 12.6. The zero-order valence-corrected chi connectivity index (χ0v) is 14.8. The highest BCUT2D eigenvalue weighted by Gasteiger charge is 2.34. The maximum atomic E-state index is 12.6. The Bertz CT molecular complexity index is 681. The van der Waals surface area contributed by atoms with Crippen molar-refractivity contribution >= 4 is 27.5 Å². The molecular formula is C15H20ClN3O4S. The van der Waals surface area contributed by atoms with Gasteiger partial charge >= 0.3 is 0 Å². The van der Waals surface area contributed by atoms with E-state index in [9.17, 15) is 13.2 Å². The number of hydrogen-bond acceptors (Lipinski definition) is 5. The van der Waals surface area contributed by atoms with Crippen LogP contribution in [0.15, 0.2) is 23.2 Å². The largest absolute Gasteiger partial charge is 0.378 e. The predicted molar refractivity (Wildman–Crippen MR) is 88.1 cm³/mol. The molecule has 2 saturated heterocycles. The summed E-state index contributed by atoms with van der Waals surface area (Å²) in [6.07, 6.45) is 2.34. The second kappa shape index (κ2) is 7.35. The first-order valence-corrected chi connectivity index (χ1v) is 9.78. The van der Waals surface area contributed by atoms with E-state index in [1.807, 2.05) is 4.90 Å². The molecule has 0 aromatic carbocycles. The summed E-state index contributed by atoms with van der Waals surface area (Å²) in [7, 11) is -3.59. The van der Waals surface area contributed by atoms with Gasteiger partial charge in [-0.15, -0.1) is 0 Å². The van der Waals surface area contributed by atoms with Gasteiger partial charge in [-0.05, 0) is 25.0 Å². The van der Waals surface area contributed by atoms with Gasteiger partial charge in [-0.3, -0.25) is 4.79 Å². The highest BCUT2D eigenvalue weighted by atomic mass is 35.5. The lowest BCUT2D eigenvalue weighted by Gasteiger charge is -2.35. The van der Waals surface area contributed by atoms with Crippen molar-refractivity contribution in [3.63, 3.8) is 0 Å². The van der Waals surface area contributed by atoms with E-state index in [0.717, 1.165) is 0 Å². The Morgan fingerprint density at radius 1 is 1.17 bits per heavy atom. The fourth-order valence-electron chi connectivity index (χ4n) is 3.05. The fraction of sp³-hybridized carbons (Fsp3) is 0.600. The van der Waals surface area contributed by atoms with Crippen LogP contribution in [0, 0.1) is 5.92 Å². The minimum absolute atomic E-state index is 0.113. The van der Waals surface area contributed by atoms with E-state index < -0.39 is 10.0 Å². The SMILES string of the molecule is O=C(C1CCN(S(=O)(=O)c2ccc(Cl)nc2)CC1)N1CCOCC1. The summed E-state index contributed by atoms with van der Waals surface area (Å²) >= 11 is 5.70. The number of pyridine rings is 1. The summed E-state index contributed by atoms with van der Waals surface area (Å²) in [5, 5.41) is 0.253. The lowest BCUT2D eigenvalue weighted by Crippen LogP contribution is -2.47. The molecule has 3 heterocycles. The van der Waals surface area contributed by atoms with Gasteiger partial charge in [0.25, 0.3) is 0 Å². The van der Waals surface area contributed by atoms with E-state index in [-0.39, 0.29) is 21.9 Å². The van der Waals surface area contributed by atoms with Crippen molar-refractivity contribution in [3.05, 3.63) is 23.5 Å². The van der Waals surface area contributed by atoms with Crippen molar-refractivity contribution in [1.29, 1.82) is 0 Å². The van der Waals surface area contributed by atoms with Crippen molar-refractivity contribution in [2.75, 3.05) is 39.4 Å². The molecule has 0 spiro atoms. The molecule has 2 aliphatic heterocycles. The van der Waals surface area contributed by atoms with Crippen LogP contribution in [0.2, 0.25) is 5.15 Å². The van der Waals surface area contributed by atoms with Crippen molar-refractivity contribution in [1.82, 2.24) is 14.2 Å². The van der Waals surface area contributed by atoms with Crippen LogP contribution in [0.4, 0.5) is 0 Å². The Hall–Kier alpha value is -1.22. The Kier molecular flexibility index (Phi) is 5.39. The number of halogens is 1. The highest BCUT2D eigenvalue weighted by molar-refractivity contribution is 7.89. The molecule has 1 aromatic rings. The zero-order valence-electron chi connectivity index (χ0n) is 13.2. The van der Waals surface area contributed by atoms with Gasteiger partial charge < -0.3 is 9.64 Å². The minimum Gasteiger partial charge on any atom is -0.378 e. The summed E-state index contributed by atoms with van der Waals surface area (Å²) in [6, 6.07) is 2.92. The number of hydrogen-bond donors (Lipinski definition) is 0. The van der Waals surface area contributed by atoms with Gasteiger partial charge in [0, 0.05) is 38.3 Å². The first-order valence-electron chi connectivity index (χ1n) is 7.97. The number of aromatic nitrogens is 1. The average Bonchev–Trinajstić information content (AvgIpc) is 2.62. The molecule has 0 aliphatic carbocycles. The molecule has 0 N–H and O–H groups in total. The van der Waals surface area contributed by atoms with Crippen molar-refractivity contribution < 1.29 is 17.9 Å². The standard InChI is InChI=1S/C15H20ClN3O4S/c16-14-2-1-13(11-17-14)24(21,22)19-5-3-12(4-6-19)15(20)18-7-9-23-10-8-18/h1-2,11-12H,3-10H2. The monoisotopic (exact) mass is 373 g/mol. The van der Waals surface area contributed by atoms with E-state index in [1.54, 1.807) is 0 Å². The van der Waals surface area contributed by atoms with E-state index >= 15 is 0 Å². The minimum atomic E-state index is -3.59. The predicted octanol–water partition coefficient (Wildman–Crippen LogP) is 0.995. The molecule has 0 bridgehead atoms. The van der Waals surface area contributed by atoms with Gasteiger partial charge in [-0.1, -0.05) is 11.6 Å². The summed E-state index contributed by atoms with van der Waals surface area (Å²) < 4.78 is 31.9. The number of carbonyl (C=O) groups is 1. The van der Waals surface area contributed by atoms with Crippen LogP contribution in [0.3, 0.4) is 0 Å². The third kappa shape index (κ3) is 3.72. The van der Waals surface area contributed by atoms with Gasteiger partial charge in [0.1, 0.15) is 10.0 Å². The molecule has 9 heteroatoms. The quantitative estimate of drug-likeness (QED) is 0.738.